The van der Waals surface area contributed by atoms with E-state index in [2.05, 4.69) is 19.2 Å². The summed E-state index contributed by atoms with van der Waals surface area (Å²) in [6, 6.07) is -0.767. The Hall–Kier alpha value is -0.500. The van der Waals surface area contributed by atoms with Crippen LogP contribution < -0.4 is 11.1 Å². The van der Waals surface area contributed by atoms with Crippen LogP contribution in [0.3, 0.4) is 0 Å². The van der Waals surface area contributed by atoms with Gasteiger partial charge >= 0.3 is 7.82 Å². The topological polar surface area (TPSA) is 131 Å². The van der Waals surface area contributed by atoms with Crippen LogP contribution in [0.1, 0.15) is 245 Å². The lowest BCUT2D eigenvalue weighted by Crippen LogP contribution is -2.46. The van der Waals surface area contributed by atoms with Crippen molar-refractivity contribution in [1.29, 1.82) is 0 Å². The summed E-state index contributed by atoms with van der Waals surface area (Å²) in [5, 5.41) is 13.8. The van der Waals surface area contributed by atoms with E-state index in [4.69, 9.17) is 14.8 Å². The van der Waals surface area contributed by atoms with Gasteiger partial charge in [-0.3, -0.25) is 13.8 Å². The quantitative estimate of drug-likeness (QED) is 0.0358. The number of aliphatic hydroxyl groups is 1. The molecule has 318 valence electrons. The fourth-order valence-electron chi connectivity index (χ4n) is 7.20. The highest BCUT2D eigenvalue weighted by molar-refractivity contribution is 7.47. The van der Waals surface area contributed by atoms with Crippen LogP contribution in [0.4, 0.5) is 0 Å². The third-order valence-electron chi connectivity index (χ3n) is 10.7. The maximum Gasteiger partial charge on any atom is 0.472 e. The zero-order valence-corrected chi connectivity index (χ0v) is 36.2. The highest BCUT2D eigenvalue weighted by atomic mass is 31.2. The normalized spacial score (nSPS) is 14.0. The van der Waals surface area contributed by atoms with Crippen molar-refractivity contribution in [2.24, 2.45) is 5.73 Å². The molecule has 0 radical (unpaired) electrons. The van der Waals surface area contributed by atoms with Crippen molar-refractivity contribution in [3.63, 3.8) is 0 Å². The monoisotopic (exact) mass is 775 g/mol. The molecule has 53 heavy (non-hydrogen) atoms. The minimum absolute atomic E-state index is 0.0925. The van der Waals surface area contributed by atoms with Gasteiger partial charge in [0.05, 0.1) is 25.4 Å². The van der Waals surface area contributed by atoms with Crippen molar-refractivity contribution in [2.75, 3.05) is 19.8 Å². The van der Waals surface area contributed by atoms with E-state index in [1.165, 1.54) is 180 Å². The van der Waals surface area contributed by atoms with Crippen LogP contribution >= 0.6 is 7.82 Å². The van der Waals surface area contributed by atoms with Gasteiger partial charge in [0.25, 0.3) is 0 Å². The molecule has 0 aromatic carbocycles. The van der Waals surface area contributed by atoms with Gasteiger partial charge in [-0.1, -0.05) is 226 Å². The fourth-order valence-corrected chi connectivity index (χ4v) is 7.96. The number of nitrogens with two attached hydrogens (primary N) is 1. The number of rotatable bonds is 44. The summed E-state index contributed by atoms with van der Waals surface area (Å²) >= 11 is 0. The van der Waals surface area contributed by atoms with Gasteiger partial charge in [0.1, 0.15) is 0 Å². The molecule has 9 heteroatoms. The van der Waals surface area contributed by atoms with Crippen LogP contribution in [0.5, 0.6) is 0 Å². The smallest absolute Gasteiger partial charge is 0.391 e. The fraction of sp³-hybridized carbons (Fsp3) is 0.977. The number of phosphoric ester groups is 1. The second-order valence-electron chi connectivity index (χ2n) is 16.0. The Balaban J connectivity index is 3.99. The summed E-state index contributed by atoms with van der Waals surface area (Å²) in [6.07, 6.45) is 44.0. The molecule has 8 nitrogen and oxygen atoms in total. The highest BCUT2D eigenvalue weighted by Crippen LogP contribution is 2.43. The van der Waals surface area contributed by atoms with Gasteiger partial charge in [-0.25, -0.2) is 4.57 Å². The summed E-state index contributed by atoms with van der Waals surface area (Å²) in [4.78, 5) is 22.7. The highest BCUT2D eigenvalue weighted by Gasteiger charge is 2.27. The summed E-state index contributed by atoms with van der Waals surface area (Å²) in [5.74, 6) is -0.156. The van der Waals surface area contributed by atoms with E-state index in [1.54, 1.807) is 0 Å². The van der Waals surface area contributed by atoms with E-state index in [9.17, 15) is 19.4 Å². The Bertz CT molecular complexity index is 804. The maximum atomic E-state index is 12.8. The molecule has 0 saturated carbocycles. The zero-order chi connectivity index (χ0) is 38.9. The first-order chi connectivity index (χ1) is 25.9. The molecule has 0 aliphatic carbocycles. The Kier molecular flexibility index (Phi) is 40.8. The molecule has 1 amide bonds. The number of hydrogen-bond donors (Lipinski definition) is 4. The first-order valence-corrected chi connectivity index (χ1v) is 24.6. The van der Waals surface area contributed by atoms with Crippen LogP contribution in [0.25, 0.3) is 0 Å². The van der Waals surface area contributed by atoms with E-state index in [1.807, 2.05) is 0 Å². The van der Waals surface area contributed by atoms with E-state index >= 15 is 0 Å². The first kappa shape index (κ1) is 52.5. The van der Waals surface area contributed by atoms with Crippen molar-refractivity contribution in [3.8, 4) is 0 Å². The van der Waals surface area contributed by atoms with Crippen molar-refractivity contribution in [2.45, 2.75) is 257 Å². The van der Waals surface area contributed by atoms with Gasteiger partial charge < -0.3 is 21.1 Å². The molecule has 0 saturated heterocycles. The number of nitrogens with one attached hydrogen (secondary N) is 1. The molecular weight excluding hydrogens is 683 g/mol. The molecule has 0 spiro atoms. The minimum Gasteiger partial charge on any atom is -0.391 e. The van der Waals surface area contributed by atoms with Gasteiger partial charge in [-0.2, -0.15) is 0 Å². The van der Waals surface area contributed by atoms with Gasteiger partial charge in [-0.15, -0.1) is 0 Å². The second-order valence-corrected chi connectivity index (χ2v) is 17.4. The van der Waals surface area contributed by atoms with Crippen LogP contribution in [-0.4, -0.2) is 47.8 Å². The van der Waals surface area contributed by atoms with Crippen LogP contribution in [0, 0.1) is 0 Å². The molecule has 0 heterocycles. The van der Waals surface area contributed by atoms with Crippen LogP contribution in [-0.2, 0) is 18.4 Å². The summed E-state index contributed by atoms with van der Waals surface area (Å²) in [6.45, 7) is 4.23. The largest absolute Gasteiger partial charge is 0.472 e. The zero-order valence-electron chi connectivity index (χ0n) is 35.3. The molecule has 0 fully saturated rings. The lowest BCUT2D eigenvalue weighted by atomic mass is 10.0. The molecular formula is C44H91N2O6P. The van der Waals surface area contributed by atoms with E-state index in [-0.39, 0.29) is 25.7 Å². The van der Waals surface area contributed by atoms with Crippen molar-refractivity contribution in [1.82, 2.24) is 5.32 Å². The number of phosphoric acid groups is 1. The van der Waals surface area contributed by atoms with Crippen molar-refractivity contribution in [3.05, 3.63) is 0 Å². The standard InChI is InChI=1S/C44H91N2O6P/c1-3-5-7-9-11-13-15-17-18-19-20-21-22-23-24-25-26-28-30-32-34-36-38-44(48)46-42(41-52-53(49,50)51-40-39-45)43(47)37-35-33-31-29-27-16-14-12-10-8-6-4-2/h42-43,47H,3-41,45H2,1-2H3,(H,46,48)(H,49,50)/t42-,43+/m0/s1. The molecule has 5 N–H and O–H groups in total. The molecule has 1 unspecified atom stereocenters. The third kappa shape index (κ3) is 39.5. The van der Waals surface area contributed by atoms with E-state index in [0.29, 0.717) is 12.8 Å². The average Bonchev–Trinajstić information content (AvgIpc) is 3.14. The molecule has 0 aliphatic rings. The lowest BCUT2D eigenvalue weighted by Gasteiger charge is -2.25. The molecule has 0 rings (SSSR count). The number of unbranched alkanes of at least 4 members (excludes halogenated alkanes) is 32. The van der Waals surface area contributed by atoms with Crippen molar-refractivity contribution >= 4 is 13.7 Å². The average molecular weight is 775 g/mol. The molecule has 0 aromatic rings. The van der Waals surface area contributed by atoms with Gasteiger partial charge in [0.2, 0.25) is 5.91 Å². The predicted molar refractivity (Wildman–Crippen MR) is 226 cm³/mol. The Morgan fingerprint density at radius 1 is 0.547 bits per heavy atom. The van der Waals surface area contributed by atoms with Crippen LogP contribution in [0.2, 0.25) is 0 Å². The Labute approximate surface area is 329 Å². The third-order valence-corrected chi connectivity index (χ3v) is 11.7. The Morgan fingerprint density at radius 3 is 1.21 bits per heavy atom. The summed E-state index contributed by atoms with van der Waals surface area (Å²) in [5.41, 5.74) is 5.38. The predicted octanol–water partition coefficient (Wildman–Crippen LogP) is 13.0. The van der Waals surface area contributed by atoms with E-state index in [0.717, 1.165) is 38.5 Å². The van der Waals surface area contributed by atoms with Gasteiger partial charge in [0, 0.05) is 13.0 Å². The van der Waals surface area contributed by atoms with Gasteiger partial charge in [0.15, 0.2) is 0 Å². The Morgan fingerprint density at radius 2 is 0.868 bits per heavy atom. The number of amides is 1. The first-order valence-electron chi connectivity index (χ1n) is 23.2. The maximum absolute atomic E-state index is 12.8. The molecule has 0 aliphatic heterocycles. The minimum atomic E-state index is -4.31. The molecule has 0 aromatic heterocycles. The second kappa shape index (κ2) is 41.1. The van der Waals surface area contributed by atoms with Crippen molar-refractivity contribution < 1.29 is 28.4 Å². The summed E-state index contributed by atoms with van der Waals surface area (Å²) < 4.78 is 22.2. The summed E-state index contributed by atoms with van der Waals surface area (Å²) in [7, 11) is -4.31. The molecule has 3 atom stereocenters. The molecule has 0 bridgehead atoms. The number of carbonyl (C=O) groups excluding carboxylic acids is 1. The number of carbonyl (C=O) groups is 1. The number of hydrogen-bond acceptors (Lipinski definition) is 6. The van der Waals surface area contributed by atoms with Gasteiger partial charge in [-0.05, 0) is 12.8 Å². The van der Waals surface area contributed by atoms with E-state index < -0.39 is 20.0 Å². The SMILES string of the molecule is CCCCCCCCCCCCCCCCCCCCCCCCC(=O)N[C@@H](COP(=O)(O)OCCN)[C@H](O)CCCCCCCCCCCCCC. The number of aliphatic hydroxyl groups excluding tert-OH is 1. The lowest BCUT2D eigenvalue weighted by molar-refractivity contribution is -0.123. The van der Waals surface area contributed by atoms with Crippen LogP contribution in [0.15, 0.2) is 0 Å².